The molecular weight excluding hydrogens is 300 g/mol. The third-order valence-electron chi connectivity index (χ3n) is 3.50. The molecule has 2 nitrogen and oxygen atoms in total. The summed E-state index contributed by atoms with van der Waals surface area (Å²) in [6.45, 7) is 4.07. The molecule has 114 valence electrons. The van der Waals surface area contributed by atoms with Crippen molar-refractivity contribution in [2.24, 2.45) is 0 Å². The van der Waals surface area contributed by atoms with E-state index in [1.807, 2.05) is 42.5 Å². The molecule has 0 radical (unpaired) electrons. The van der Waals surface area contributed by atoms with Gasteiger partial charge in [-0.1, -0.05) is 67.3 Å². The number of nitrogens with one attached hydrogen (secondary N) is 2. The lowest BCUT2D eigenvalue weighted by molar-refractivity contribution is 1.29. The van der Waals surface area contributed by atoms with Gasteiger partial charge in [0.15, 0.2) is 0 Å². The fourth-order valence-electron chi connectivity index (χ4n) is 2.44. The molecule has 2 N–H and O–H groups in total. The van der Waals surface area contributed by atoms with Crippen LogP contribution in [0, 0.1) is 0 Å². The van der Waals surface area contributed by atoms with E-state index in [9.17, 15) is 0 Å². The van der Waals surface area contributed by atoms with Crippen molar-refractivity contribution in [1.29, 1.82) is 0 Å². The fourth-order valence-corrected chi connectivity index (χ4v) is 2.73. The van der Waals surface area contributed by atoms with E-state index in [1.165, 1.54) is 10.8 Å². The summed E-state index contributed by atoms with van der Waals surface area (Å²) in [5.41, 5.74) is 2.89. The van der Waals surface area contributed by atoms with E-state index in [2.05, 4.69) is 47.5 Å². The first-order chi connectivity index (χ1) is 11.2. The van der Waals surface area contributed by atoms with Crippen LogP contribution in [-0.2, 0) is 0 Å². The topological polar surface area (TPSA) is 24.1 Å². The Bertz CT molecular complexity index is 840. The van der Waals surface area contributed by atoms with Gasteiger partial charge in [0.25, 0.3) is 0 Å². The zero-order valence-electron chi connectivity index (χ0n) is 12.8. The van der Waals surface area contributed by atoms with Crippen molar-refractivity contribution in [3.8, 4) is 0 Å². The van der Waals surface area contributed by atoms with Crippen LogP contribution < -0.4 is 10.6 Å². The molecule has 0 aliphatic rings. The van der Waals surface area contributed by atoms with Crippen molar-refractivity contribution in [3.05, 3.63) is 85.1 Å². The zero-order chi connectivity index (χ0) is 16.1. The summed E-state index contributed by atoms with van der Waals surface area (Å²) in [4.78, 5) is 0.745. The molecular formula is C20H18N2S. The summed E-state index contributed by atoms with van der Waals surface area (Å²) in [7, 11) is 0. The van der Waals surface area contributed by atoms with Gasteiger partial charge in [-0.2, -0.15) is 0 Å². The van der Waals surface area contributed by atoms with E-state index in [-0.39, 0.29) is 0 Å². The van der Waals surface area contributed by atoms with Crippen LogP contribution in [0.15, 0.2) is 85.1 Å². The Balaban J connectivity index is 1.60. The Morgan fingerprint density at radius 3 is 2.26 bits per heavy atom. The molecule has 0 atom stereocenters. The molecule has 3 aromatic rings. The lowest BCUT2D eigenvalue weighted by Gasteiger charge is -2.12. The van der Waals surface area contributed by atoms with E-state index in [0.717, 1.165) is 22.1 Å². The highest BCUT2D eigenvalue weighted by atomic mass is 32.1. The predicted octanol–water partition coefficient (Wildman–Crippen LogP) is 5.60. The molecule has 0 aromatic heterocycles. The minimum absolute atomic E-state index is 0.594. The molecule has 3 rings (SSSR count). The first kappa shape index (κ1) is 15.3. The molecule has 0 aliphatic carbocycles. The van der Waals surface area contributed by atoms with Gasteiger partial charge in [0.1, 0.15) is 0 Å². The Labute approximate surface area is 141 Å². The van der Waals surface area contributed by atoms with Crippen molar-refractivity contribution in [2.45, 2.75) is 6.42 Å². The van der Waals surface area contributed by atoms with Gasteiger partial charge in [0.2, 0.25) is 0 Å². The van der Waals surface area contributed by atoms with Crippen LogP contribution in [0.2, 0.25) is 0 Å². The van der Waals surface area contributed by atoms with Gasteiger partial charge in [-0.25, -0.2) is 0 Å². The van der Waals surface area contributed by atoms with E-state index in [1.54, 1.807) is 0 Å². The molecule has 0 saturated carbocycles. The largest absolute Gasteiger partial charge is 0.359 e. The minimum atomic E-state index is 0.594. The van der Waals surface area contributed by atoms with E-state index < -0.39 is 0 Å². The van der Waals surface area contributed by atoms with Crippen LogP contribution >= 0.6 is 12.2 Å². The van der Waals surface area contributed by atoms with Crippen molar-refractivity contribution < 1.29 is 0 Å². The zero-order valence-corrected chi connectivity index (χ0v) is 13.6. The number of hydrogen-bond acceptors (Lipinski definition) is 2. The van der Waals surface area contributed by atoms with Crippen molar-refractivity contribution in [2.75, 3.05) is 10.6 Å². The van der Waals surface area contributed by atoms with Crippen LogP contribution in [0.25, 0.3) is 10.8 Å². The van der Waals surface area contributed by atoms with E-state index in [4.69, 9.17) is 12.2 Å². The second-order valence-electron chi connectivity index (χ2n) is 5.38. The molecule has 0 unspecified atom stereocenters. The smallest absolute Gasteiger partial charge is 0.0856 e. The third-order valence-corrected chi connectivity index (χ3v) is 3.75. The van der Waals surface area contributed by atoms with Gasteiger partial charge in [0.05, 0.1) is 4.99 Å². The van der Waals surface area contributed by atoms with Crippen LogP contribution in [-0.4, -0.2) is 4.99 Å². The van der Waals surface area contributed by atoms with Crippen molar-refractivity contribution in [3.63, 3.8) is 0 Å². The number of para-hydroxylation sites is 1. The number of fused-ring (bicyclic) bond motifs is 1. The fraction of sp³-hybridized carbons (Fsp3) is 0.0500. The number of anilines is 2. The first-order valence-corrected chi connectivity index (χ1v) is 7.90. The van der Waals surface area contributed by atoms with Gasteiger partial charge in [0, 0.05) is 23.5 Å². The molecule has 3 heteroatoms. The standard InChI is InChI=1S/C20H18N2S/c1-15(13-20(23)22-18-9-3-2-4-10-18)21-19-12-11-16-7-5-6-8-17(16)14-19/h2-12,14,21H,1,13H2,(H,22,23). The Morgan fingerprint density at radius 1 is 0.783 bits per heavy atom. The maximum absolute atomic E-state index is 5.39. The summed E-state index contributed by atoms with van der Waals surface area (Å²) < 4.78 is 0. The molecule has 0 amide bonds. The van der Waals surface area contributed by atoms with Gasteiger partial charge >= 0.3 is 0 Å². The van der Waals surface area contributed by atoms with Crippen LogP contribution in [0.1, 0.15) is 6.42 Å². The second kappa shape index (κ2) is 7.07. The number of benzene rings is 3. The molecule has 0 saturated heterocycles. The molecule has 23 heavy (non-hydrogen) atoms. The van der Waals surface area contributed by atoms with Gasteiger partial charge < -0.3 is 10.6 Å². The average molecular weight is 318 g/mol. The highest BCUT2D eigenvalue weighted by Gasteiger charge is 2.03. The SMILES string of the molecule is C=C(CC(=S)Nc1ccccc1)Nc1ccc2ccccc2c1. The number of thiocarbonyl (C=S) groups is 1. The maximum atomic E-state index is 5.39. The summed E-state index contributed by atoms with van der Waals surface area (Å²) in [6.07, 6.45) is 0.594. The molecule has 0 fully saturated rings. The highest BCUT2D eigenvalue weighted by molar-refractivity contribution is 7.80. The molecule has 0 aliphatic heterocycles. The maximum Gasteiger partial charge on any atom is 0.0856 e. The van der Waals surface area contributed by atoms with Gasteiger partial charge in [-0.3, -0.25) is 0 Å². The average Bonchev–Trinajstić information content (AvgIpc) is 2.55. The van der Waals surface area contributed by atoms with E-state index >= 15 is 0 Å². The van der Waals surface area contributed by atoms with Crippen molar-refractivity contribution >= 4 is 39.4 Å². The quantitative estimate of drug-likeness (QED) is 0.599. The lowest BCUT2D eigenvalue weighted by Crippen LogP contribution is -2.12. The number of rotatable bonds is 5. The summed E-state index contributed by atoms with van der Waals surface area (Å²) in [5.74, 6) is 0. The molecule has 3 aromatic carbocycles. The first-order valence-electron chi connectivity index (χ1n) is 7.49. The molecule has 0 bridgehead atoms. The van der Waals surface area contributed by atoms with Crippen LogP contribution in [0.5, 0.6) is 0 Å². The lowest BCUT2D eigenvalue weighted by atomic mass is 10.1. The summed E-state index contributed by atoms with van der Waals surface area (Å²) in [5, 5.41) is 8.98. The van der Waals surface area contributed by atoms with Crippen molar-refractivity contribution in [1.82, 2.24) is 0 Å². The Morgan fingerprint density at radius 2 is 1.48 bits per heavy atom. The minimum Gasteiger partial charge on any atom is -0.359 e. The third kappa shape index (κ3) is 4.18. The molecule has 0 spiro atoms. The Kier molecular flexibility index (Phi) is 4.69. The summed E-state index contributed by atoms with van der Waals surface area (Å²) in [6, 6.07) is 24.5. The van der Waals surface area contributed by atoms with Crippen LogP contribution in [0.3, 0.4) is 0 Å². The summed E-state index contributed by atoms with van der Waals surface area (Å²) >= 11 is 5.39. The van der Waals surface area contributed by atoms with Gasteiger partial charge in [-0.15, -0.1) is 0 Å². The monoisotopic (exact) mass is 318 g/mol. The Hall–Kier alpha value is -2.65. The second-order valence-corrected chi connectivity index (χ2v) is 5.87. The van der Waals surface area contributed by atoms with Gasteiger partial charge in [-0.05, 0) is 35.0 Å². The predicted molar refractivity (Wildman–Crippen MR) is 104 cm³/mol. The molecule has 0 heterocycles. The highest BCUT2D eigenvalue weighted by Crippen LogP contribution is 2.20. The normalized spacial score (nSPS) is 10.3. The van der Waals surface area contributed by atoms with Crippen LogP contribution in [0.4, 0.5) is 11.4 Å². The number of hydrogen-bond donors (Lipinski definition) is 2. The van der Waals surface area contributed by atoms with E-state index in [0.29, 0.717) is 6.42 Å².